The average molecular weight is 279 g/mol. The molecule has 1 fully saturated rings. The lowest BCUT2D eigenvalue weighted by atomic mass is 10.2. The van der Waals surface area contributed by atoms with Gasteiger partial charge in [-0.25, -0.2) is 0 Å². The molecule has 0 aromatic carbocycles. The van der Waals surface area contributed by atoms with Gasteiger partial charge in [-0.05, 0) is 31.4 Å². The molecule has 1 saturated heterocycles. The van der Waals surface area contributed by atoms with E-state index in [4.69, 9.17) is 0 Å². The van der Waals surface area contributed by atoms with Gasteiger partial charge < -0.3 is 20.3 Å². The summed E-state index contributed by atoms with van der Waals surface area (Å²) in [6, 6.07) is 3.87. The molecule has 1 unspecified atom stereocenters. The molecule has 0 bridgehead atoms. The topological polar surface area (TPSA) is 85.4 Å². The third-order valence-corrected chi connectivity index (χ3v) is 3.47. The smallest absolute Gasteiger partial charge is 0.251 e. The fourth-order valence-electron chi connectivity index (χ4n) is 2.33. The zero-order valence-electron chi connectivity index (χ0n) is 11.5. The minimum absolute atomic E-state index is 0.0284. The number of carbonyl (C=O) groups excluding carboxylic acids is 2. The fraction of sp³-hybridized carbons (Fsp3) is 0.571. The Hall–Kier alpha value is -1.82. The van der Waals surface area contributed by atoms with E-state index < -0.39 is 6.10 Å². The first kappa shape index (κ1) is 14.6. The van der Waals surface area contributed by atoms with Crippen LogP contribution in [0, 0.1) is 0 Å². The molecule has 1 aromatic rings. The van der Waals surface area contributed by atoms with Crippen LogP contribution in [0.3, 0.4) is 0 Å². The molecule has 0 radical (unpaired) electrons. The first-order valence-corrected chi connectivity index (χ1v) is 7.02. The van der Waals surface area contributed by atoms with Crippen molar-refractivity contribution in [2.45, 2.75) is 31.8 Å². The van der Waals surface area contributed by atoms with Gasteiger partial charge in [0.25, 0.3) is 5.91 Å². The SMILES string of the molecule is O=C(CN1CCCCC(O)C1=O)NCCc1ccc[nH]1. The van der Waals surface area contributed by atoms with E-state index in [2.05, 4.69) is 10.3 Å². The Labute approximate surface area is 118 Å². The summed E-state index contributed by atoms with van der Waals surface area (Å²) in [6.07, 6.45) is 3.76. The summed E-state index contributed by atoms with van der Waals surface area (Å²) in [5.41, 5.74) is 1.06. The van der Waals surface area contributed by atoms with Crippen molar-refractivity contribution in [3.05, 3.63) is 24.0 Å². The summed E-state index contributed by atoms with van der Waals surface area (Å²) >= 11 is 0. The average Bonchev–Trinajstić information content (AvgIpc) is 2.89. The fourth-order valence-corrected chi connectivity index (χ4v) is 2.33. The Bertz CT molecular complexity index is 445. The van der Waals surface area contributed by atoms with Gasteiger partial charge in [0, 0.05) is 31.4 Å². The number of rotatable bonds is 5. The number of carbonyl (C=O) groups is 2. The van der Waals surface area contributed by atoms with Crippen molar-refractivity contribution in [2.75, 3.05) is 19.6 Å². The van der Waals surface area contributed by atoms with Gasteiger partial charge in [0.05, 0.1) is 6.54 Å². The first-order chi connectivity index (χ1) is 9.66. The molecule has 6 nitrogen and oxygen atoms in total. The quantitative estimate of drug-likeness (QED) is 0.712. The van der Waals surface area contributed by atoms with Gasteiger partial charge in [0.1, 0.15) is 6.10 Å². The van der Waals surface area contributed by atoms with Gasteiger partial charge in [-0.2, -0.15) is 0 Å². The summed E-state index contributed by atoms with van der Waals surface area (Å²) in [4.78, 5) is 28.2. The van der Waals surface area contributed by atoms with Crippen molar-refractivity contribution in [3.63, 3.8) is 0 Å². The van der Waals surface area contributed by atoms with Crippen molar-refractivity contribution in [1.82, 2.24) is 15.2 Å². The Morgan fingerprint density at radius 2 is 2.35 bits per heavy atom. The number of aliphatic hydroxyl groups excluding tert-OH is 1. The molecular formula is C14H21N3O3. The van der Waals surface area contributed by atoms with Gasteiger partial charge in [0.15, 0.2) is 0 Å². The highest BCUT2D eigenvalue weighted by atomic mass is 16.3. The van der Waals surface area contributed by atoms with Crippen LogP contribution in [-0.2, 0) is 16.0 Å². The van der Waals surface area contributed by atoms with Gasteiger partial charge in [-0.15, -0.1) is 0 Å². The van der Waals surface area contributed by atoms with E-state index >= 15 is 0 Å². The van der Waals surface area contributed by atoms with Crippen LogP contribution >= 0.6 is 0 Å². The summed E-state index contributed by atoms with van der Waals surface area (Å²) in [6.45, 7) is 1.10. The maximum atomic E-state index is 11.8. The number of likely N-dealkylation sites (tertiary alicyclic amines) is 1. The molecular weight excluding hydrogens is 258 g/mol. The number of nitrogens with one attached hydrogen (secondary N) is 2. The lowest BCUT2D eigenvalue weighted by molar-refractivity contribution is -0.142. The Morgan fingerprint density at radius 1 is 1.50 bits per heavy atom. The van der Waals surface area contributed by atoms with Crippen LogP contribution in [0.2, 0.25) is 0 Å². The largest absolute Gasteiger partial charge is 0.383 e. The second-order valence-corrected chi connectivity index (χ2v) is 5.07. The Kier molecular flexibility index (Phi) is 5.17. The van der Waals surface area contributed by atoms with Gasteiger partial charge in [0.2, 0.25) is 5.91 Å². The lowest BCUT2D eigenvalue weighted by Gasteiger charge is -2.21. The highest BCUT2D eigenvalue weighted by molar-refractivity contribution is 5.87. The van der Waals surface area contributed by atoms with E-state index in [9.17, 15) is 14.7 Å². The van der Waals surface area contributed by atoms with Crippen LogP contribution in [-0.4, -0.2) is 52.5 Å². The van der Waals surface area contributed by atoms with Crippen molar-refractivity contribution in [3.8, 4) is 0 Å². The van der Waals surface area contributed by atoms with Gasteiger partial charge in [-0.3, -0.25) is 9.59 Å². The van der Waals surface area contributed by atoms with E-state index in [0.717, 1.165) is 25.0 Å². The third kappa shape index (κ3) is 4.09. The molecule has 2 amide bonds. The molecule has 20 heavy (non-hydrogen) atoms. The number of aliphatic hydroxyl groups is 1. The molecule has 0 spiro atoms. The van der Waals surface area contributed by atoms with Crippen molar-refractivity contribution in [2.24, 2.45) is 0 Å². The number of hydrogen-bond acceptors (Lipinski definition) is 3. The minimum atomic E-state index is -0.954. The number of nitrogens with zero attached hydrogens (tertiary/aromatic N) is 1. The maximum Gasteiger partial charge on any atom is 0.251 e. The number of aromatic nitrogens is 1. The molecule has 2 rings (SSSR count). The van der Waals surface area contributed by atoms with Crippen LogP contribution in [0.4, 0.5) is 0 Å². The molecule has 0 aliphatic carbocycles. The van der Waals surface area contributed by atoms with Crippen molar-refractivity contribution >= 4 is 11.8 Å². The molecule has 6 heteroatoms. The summed E-state index contributed by atoms with van der Waals surface area (Å²) < 4.78 is 0. The van der Waals surface area contributed by atoms with Gasteiger partial charge >= 0.3 is 0 Å². The van der Waals surface area contributed by atoms with E-state index in [1.165, 1.54) is 4.90 Å². The molecule has 1 aliphatic rings. The predicted octanol–water partition coefficient (Wildman–Crippen LogP) is 0.0468. The lowest BCUT2D eigenvalue weighted by Crippen LogP contribution is -2.44. The summed E-state index contributed by atoms with van der Waals surface area (Å²) in [7, 11) is 0. The Balaban J connectivity index is 1.74. The molecule has 2 heterocycles. The monoisotopic (exact) mass is 279 g/mol. The predicted molar refractivity (Wildman–Crippen MR) is 73.9 cm³/mol. The van der Waals surface area contributed by atoms with Crippen LogP contribution in [0.1, 0.15) is 25.0 Å². The molecule has 0 saturated carbocycles. The van der Waals surface area contributed by atoms with Crippen molar-refractivity contribution < 1.29 is 14.7 Å². The van der Waals surface area contributed by atoms with E-state index in [1.54, 1.807) is 0 Å². The van der Waals surface area contributed by atoms with E-state index in [1.807, 2.05) is 18.3 Å². The molecule has 110 valence electrons. The standard InChI is InChI=1S/C14H21N3O3/c18-12-5-1-2-9-17(14(12)20)10-13(19)16-8-6-11-4-3-7-15-11/h3-4,7,12,15,18H,1-2,5-6,8-10H2,(H,16,19). The number of H-pyrrole nitrogens is 1. The minimum Gasteiger partial charge on any atom is -0.383 e. The number of amides is 2. The highest BCUT2D eigenvalue weighted by Crippen LogP contribution is 2.11. The second kappa shape index (κ2) is 7.09. The zero-order valence-corrected chi connectivity index (χ0v) is 11.5. The van der Waals surface area contributed by atoms with Crippen LogP contribution < -0.4 is 5.32 Å². The Morgan fingerprint density at radius 3 is 3.10 bits per heavy atom. The third-order valence-electron chi connectivity index (χ3n) is 3.47. The van der Waals surface area contributed by atoms with Crippen LogP contribution in [0.25, 0.3) is 0 Å². The second-order valence-electron chi connectivity index (χ2n) is 5.07. The van der Waals surface area contributed by atoms with Crippen LogP contribution in [0.5, 0.6) is 0 Å². The number of aromatic amines is 1. The highest BCUT2D eigenvalue weighted by Gasteiger charge is 2.26. The van der Waals surface area contributed by atoms with Crippen molar-refractivity contribution in [1.29, 1.82) is 0 Å². The van der Waals surface area contributed by atoms with Crippen LogP contribution in [0.15, 0.2) is 18.3 Å². The maximum absolute atomic E-state index is 11.8. The molecule has 1 atom stereocenters. The van der Waals surface area contributed by atoms with Gasteiger partial charge in [-0.1, -0.05) is 0 Å². The summed E-state index contributed by atoms with van der Waals surface area (Å²) in [5, 5.41) is 12.4. The molecule has 1 aromatic heterocycles. The molecule has 3 N–H and O–H groups in total. The van der Waals surface area contributed by atoms with E-state index in [0.29, 0.717) is 19.5 Å². The zero-order chi connectivity index (χ0) is 14.4. The molecule has 1 aliphatic heterocycles. The normalized spacial score (nSPS) is 19.8. The number of hydrogen-bond donors (Lipinski definition) is 3. The van der Waals surface area contributed by atoms with E-state index in [-0.39, 0.29) is 18.4 Å². The summed E-state index contributed by atoms with van der Waals surface area (Å²) in [5.74, 6) is -0.513. The first-order valence-electron chi connectivity index (χ1n) is 7.02.